The predicted molar refractivity (Wildman–Crippen MR) is 120 cm³/mol. The Hall–Kier alpha value is -3.27. The zero-order chi connectivity index (χ0) is 22.4. The number of nitrogens with zero attached hydrogens (tertiary/aromatic N) is 1. The SMILES string of the molecule is COc1cc(Cl)ccc1-c1cc2[nH]c(C(=O)N3CCc4cc(C(=O)NO)sc4C3)cc2o1. The van der Waals surface area contributed by atoms with Crippen LogP contribution >= 0.6 is 22.9 Å². The summed E-state index contributed by atoms with van der Waals surface area (Å²) in [5.74, 6) is 0.517. The Morgan fingerprint density at radius 2 is 2.12 bits per heavy atom. The Labute approximate surface area is 191 Å². The van der Waals surface area contributed by atoms with Crippen LogP contribution in [0.1, 0.15) is 30.6 Å². The number of fused-ring (bicyclic) bond motifs is 2. The lowest BCUT2D eigenvalue weighted by atomic mass is 10.1. The van der Waals surface area contributed by atoms with E-state index < -0.39 is 5.91 Å². The number of amides is 2. The molecule has 164 valence electrons. The van der Waals surface area contributed by atoms with Crippen molar-refractivity contribution in [3.05, 3.63) is 62.4 Å². The first-order valence-corrected chi connectivity index (χ1v) is 11.0. The maximum absolute atomic E-state index is 13.1. The Bertz CT molecular complexity index is 1320. The van der Waals surface area contributed by atoms with Crippen molar-refractivity contribution in [2.75, 3.05) is 13.7 Å². The molecule has 1 aliphatic heterocycles. The van der Waals surface area contributed by atoms with Gasteiger partial charge in [0, 0.05) is 28.6 Å². The van der Waals surface area contributed by atoms with E-state index in [2.05, 4.69) is 4.98 Å². The van der Waals surface area contributed by atoms with Gasteiger partial charge in [-0.05, 0) is 36.2 Å². The third-order valence-corrected chi connectivity index (χ3v) is 6.86. The van der Waals surface area contributed by atoms with Crippen LogP contribution in [0.4, 0.5) is 0 Å². The number of aromatic nitrogens is 1. The zero-order valence-corrected chi connectivity index (χ0v) is 18.5. The zero-order valence-electron chi connectivity index (χ0n) is 16.9. The van der Waals surface area contributed by atoms with Gasteiger partial charge in [0.15, 0.2) is 5.58 Å². The number of nitrogens with one attached hydrogen (secondary N) is 2. The van der Waals surface area contributed by atoms with Gasteiger partial charge in [0.2, 0.25) is 0 Å². The van der Waals surface area contributed by atoms with Crippen molar-refractivity contribution in [2.45, 2.75) is 13.0 Å². The molecule has 0 saturated carbocycles. The summed E-state index contributed by atoms with van der Waals surface area (Å²) in [6, 6.07) is 10.6. The lowest BCUT2D eigenvalue weighted by Gasteiger charge is -2.26. The van der Waals surface area contributed by atoms with Gasteiger partial charge in [-0.3, -0.25) is 14.8 Å². The Morgan fingerprint density at radius 3 is 2.88 bits per heavy atom. The molecule has 0 unspecified atom stereocenters. The number of hydroxylamine groups is 1. The molecule has 0 fully saturated rings. The lowest BCUT2D eigenvalue weighted by molar-refractivity contribution is 0.0709. The molecule has 32 heavy (non-hydrogen) atoms. The summed E-state index contributed by atoms with van der Waals surface area (Å²) < 4.78 is 11.4. The van der Waals surface area contributed by atoms with Gasteiger partial charge in [0.05, 0.1) is 29.6 Å². The van der Waals surface area contributed by atoms with E-state index >= 15 is 0 Å². The van der Waals surface area contributed by atoms with Crippen LogP contribution in [0.5, 0.6) is 5.75 Å². The number of ether oxygens (including phenoxy) is 1. The summed E-state index contributed by atoms with van der Waals surface area (Å²) in [4.78, 5) is 31.0. The molecule has 0 atom stereocenters. The van der Waals surface area contributed by atoms with E-state index in [1.54, 1.807) is 41.8 Å². The number of methoxy groups -OCH3 is 1. The monoisotopic (exact) mass is 471 g/mol. The van der Waals surface area contributed by atoms with Gasteiger partial charge in [0.25, 0.3) is 11.8 Å². The highest BCUT2D eigenvalue weighted by molar-refractivity contribution is 7.14. The number of hydrogen-bond acceptors (Lipinski definition) is 6. The largest absolute Gasteiger partial charge is 0.496 e. The van der Waals surface area contributed by atoms with Gasteiger partial charge in [-0.15, -0.1) is 11.3 Å². The third kappa shape index (κ3) is 3.54. The Morgan fingerprint density at radius 1 is 1.28 bits per heavy atom. The summed E-state index contributed by atoms with van der Waals surface area (Å²) in [5, 5.41) is 9.40. The molecule has 8 nitrogen and oxygen atoms in total. The summed E-state index contributed by atoms with van der Waals surface area (Å²) in [6.07, 6.45) is 0.646. The molecule has 4 heterocycles. The number of furan rings is 1. The van der Waals surface area contributed by atoms with Crippen molar-refractivity contribution in [1.29, 1.82) is 0 Å². The molecule has 3 aromatic heterocycles. The van der Waals surface area contributed by atoms with E-state index in [1.807, 2.05) is 12.1 Å². The quantitative estimate of drug-likeness (QED) is 0.300. The van der Waals surface area contributed by atoms with Crippen molar-refractivity contribution in [1.82, 2.24) is 15.4 Å². The van der Waals surface area contributed by atoms with Gasteiger partial charge in [0.1, 0.15) is 17.2 Å². The highest BCUT2D eigenvalue weighted by Gasteiger charge is 2.26. The summed E-state index contributed by atoms with van der Waals surface area (Å²) >= 11 is 7.32. The Kier molecular flexibility index (Phi) is 5.16. The van der Waals surface area contributed by atoms with Gasteiger partial charge in [-0.2, -0.15) is 0 Å². The van der Waals surface area contributed by atoms with E-state index in [-0.39, 0.29) is 5.91 Å². The number of aromatic amines is 1. The smallest absolute Gasteiger partial charge is 0.284 e. The average Bonchev–Trinajstić information content (AvgIpc) is 3.50. The molecule has 0 spiro atoms. The second kappa shape index (κ2) is 8.01. The summed E-state index contributed by atoms with van der Waals surface area (Å²) in [5.41, 5.74) is 5.14. The minimum atomic E-state index is -0.542. The highest BCUT2D eigenvalue weighted by Crippen LogP contribution is 2.36. The lowest BCUT2D eigenvalue weighted by Crippen LogP contribution is -2.35. The van der Waals surface area contributed by atoms with Gasteiger partial charge < -0.3 is 19.0 Å². The highest BCUT2D eigenvalue weighted by atomic mass is 35.5. The van der Waals surface area contributed by atoms with Crippen molar-refractivity contribution in [3.63, 3.8) is 0 Å². The maximum atomic E-state index is 13.1. The normalized spacial score (nSPS) is 13.3. The van der Waals surface area contributed by atoms with Gasteiger partial charge in [-0.1, -0.05) is 11.6 Å². The van der Waals surface area contributed by atoms with Crippen LogP contribution in [0.2, 0.25) is 5.02 Å². The van der Waals surface area contributed by atoms with Crippen LogP contribution in [-0.4, -0.2) is 40.6 Å². The van der Waals surface area contributed by atoms with Crippen molar-refractivity contribution < 1.29 is 24.0 Å². The number of hydrogen-bond donors (Lipinski definition) is 3. The molecule has 10 heteroatoms. The Balaban J connectivity index is 1.38. The number of halogens is 1. The van der Waals surface area contributed by atoms with Crippen LogP contribution in [0.25, 0.3) is 22.4 Å². The minimum Gasteiger partial charge on any atom is -0.496 e. The molecular weight excluding hydrogens is 454 g/mol. The minimum absolute atomic E-state index is 0.144. The second-order valence-corrected chi connectivity index (χ2v) is 8.97. The van der Waals surface area contributed by atoms with E-state index in [1.165, 1.54) is 11.3 Å². The van der Waals surface area contributed by atoms with E-state index in [4.69, 9.17) is 26.0 Å². The molecule has 0 saturated heterocycles. The van der Waals surface area contributed by atoms with Crippen LogP contribution in [0, 0.1) is 0 Å². The topological polar surface area (TPSA) is 108 Å². The fourth-order valence-corrected chi connectivity index (χ4v) is 5.15. The molecule has 5 rings (SSSR count). The fourth-order valence-electron chi connectivity index (χ4n) is 3.87. The van der Waals surface area contributed by atoms with Crippen molar-refractivity contribution in [2.24, 2.45) is 0 Å². The molecule has 1 aromatic carbocycles. The van der Waals surface area contributed by atoms with Crippen LogP contribution in [0.3, 0.4) is 0 Å². The number of benzene rings is 1. The predicted octanol–water partition coefficient (Wildman–Crippen LogP) is 4.47. The molecule has 3 N–H and O–H groups in total. The first-order chi connectivity index (χ1) is 15.5. The van der Waals surface area contributed by atoms with Crippen molar-refractivity contribution >= 4 is 45.9 Å². The molecule has 4 aromatic rings. The number of carbonyl (C=O) groups excluding carboxylic acids is 2. The first kappa shape index (κ1) is 20.6. The second-order valence-electron chi connectivity index (χ2n) is 7.39. The fraction of sp³-hybridized carbons (Fsp3) is 0.182. The molecule has 0 radical (unpaired) electrons. The number of H-pyrrole nitrogens is 1. The third-order valence-electron chi connectivity index (χ3n) is 5.46. The van der Waals surface area contributed by atoms with Crippen molar-refractivity contribution in [3.8, 4) is 17.1 Å². The van der Waals surface area contributed by atoms with E-state index in [9.17, 15) is 9.59 Å². The first-order valence-electron chi connectivity index (χ1n) is 9.78. The maximum Gasteiger partial charge on any atom is 0.284 e. The number of thiophene rings is 1. The van der Waals surface area contributed by atoms with Crippen LogP contribution in [0.15, 0.2) is 40.8 Å². The van der Waals surface area contributed by atoms with Gasteiger partial charge >= 0.3 is 0 Å². The van der Waals surface area contributed by atoms with Gasteiger partial charge in [-0.25, -0.2) is 5.48 Å². The number of rotatable bonds is 4. The van der Waals surface area contributed by atoms with E-state index in [0.29, 0.717) is 57.7 Å². The van der Waals surface area contributed by atoms with E-state index in [0.717, 1.165) is 16.0 Å². The standard InChI is InChI=1S/C22H18ClN3O5S/c1-30-16-7-12(23)2-3-13(16)17-8-14-18(31-17)9-15(24-14)22(28)26-5-4-11-6-19(21(27)25-29)32-20(11)10-26/h2-3,6-9,24,29H,4-5,10H2,1H3,(H,25,27). The summed E-state index contributed by atoms with van der Waals surface area (Å²) in [7, 11) is 1.57. The summed E-state index contributed by atoms with van der Waals surface area (Å²) in [6.45, 7) is 0.946. The van der Waals surface area contributed by atoms with Crippen LogP contribution in [-0.2, 0) is 13.0 Å². The molecular formula is C22H18ClN3O5S. The van der Waals surface area contributed by atoms with Crippen LogP contribution < -0.4 is 10.2 Å². The average molecular weight is 472 g/mol. The number of carbonyl (C=O) groups is 2. The molecule has 0 bridgehead atoms. The molecule has 1 aliphatic rings. The molecule has 0 aliphatic carbocycles. The molecule has 2 amide bonds.